The number of nitrogens with zero attached hydrogens (tertiary/aromatic N) is 1. The van der Waals surface area contributed by atoms with Crippen LogP contribution in [0.5, 0.6) is 0 Å². The van der Waals surface area contributed by atoms with Crippen LogP contribution in [-0.4, -0.2) is 19.0 Å². The van der Waals surface area contributed by atoms with Gasteiger partial charge in [0.25, 0.3) is 5.91 Å². The maximum absolute atomic E-state index is 13.0. The minimum atomic E-state index is 0.0182. The molecule has 3 nitrogen and oxygen atoms in total. The van der Waals surface area contributed by atoms with E-state index in [9.17, 15) is 4.79 Å². The van der Waals surface area contributed by atoms with Crippen molar-refractivity contribution in [3.05, 3.63) is 58.7 Å². The summed E-state index contributed by atoms with van der Waals surface area (Å²) in [7, 11) is 0. The van der Waals surface area contributed by atoms with Gasteiger partial charge in [0.15, 0.2) is 0 Å². The molecule has 150 valence electrons. The van der Waals surface area contributed by atoms with E-state index in [1.807, 2.05) is 31.2 Å². The first-order chi connectivity index (χ1) is 14.2. The van der Waals surface area contributed by atoms with E-state index in [0.29, 0.717) is 11.8 Å². The second-order valence-corrected chi connectivity index (χ2v) is 9.77. The Morgan fingerprint density at radius 3 is 2.17 bits per heavy atom. The van der Waals surface area contributed by atoms with Crippen molar-refractivity contribution in [1.82, 2.24) is 0 Å². The van der Waals surface area contributed by atoms with Gasteiger partial charge in [-0.2, -0.15) is 0 Å². The summed E-state index contributed by atoms with van der Waals surface area (Å²) in [5.41, 5.74) is 7.42. The fourth-order valence-corrected chi connectivity index (χ4v) is 6.86. The zero-order chi connectivity index (χ0) is 19.5. The number of anilines is 2. The Labute approximate surface area is 173 Å². The molecule has 2 aliphatic carbocycles. The molecular formula is C26H30N2O. The normalized spacial score (nSPS) is 29.2. The van der Waals surface area contributed by atoms with Crippen LogP contribution < -0.4 is 10.2 Å². The maximum Gasteiger partial charge on any atom is 0.255 e. The zero-order valence-electron chi connectivity index (χ0n) is 17.3. The number of benzene rings is 2. The molecule has 2 aromatic rings. The third-order valence-electron chi connectivity index (χ3n) is 8.16. The van der Waals surface area contributed by atoms with Crippen molar-refractivity contribution in [1.29, 1.82) is 0 Å². The monoisotopic (exact) mass is 386 g/mol. The molecule has 0 bridgehead atoms. The van der Waals surface area contributed by atoms with Gasteiger partial charge in [-0.1, -0.05) is 31.0 Å². The van der Waals surface area contributed by atoms with Crippen LogP contribution in [0.2, 0.25) is 0 Å². The van der Waals surface area contributed by atoms with Gasteiger partial charge in [-0.3, -0.25) is 4.79 Å². The SMILES string of the molecule is Cc1ccccc1C(=O)Nc1cc2c3c(c1)[C@H]1CCC[C@H]1CN3C[C@H]1CCC[C@H]21. The minimum Gasteiger partial charge on any atom is -0.370 e. The van der Waals surface area contributed by atoms with Crippen molar-refractivity contribution in [2.24, 2.45) is 11.8 Å². The molecule has 2 fully saturated rings. The van der Waals surface area contributed by atoms with E-state index in [-0.39, 0.29) is 5.91 Å². The smallest absolute Gasteiger partial charge is 0.255 e. The van der Waals surface area contributed by atoms with Gasteiger partial charge in [0, 0.05) is 30.0 Å². The molecule has 1 N–H and O–H groups in total. The topological polar surface area (TPSA) is 32.3 Å². The Morgan fingerprint density at radius 2 is 1.55 bits per heavy atom. The Hall–Kier alpha value is -2.29. The number of aryl methyl sites for hydroxylation is 1. The van der Waals surface area contributed by atoms with Crippen molar-refractivity contribution in [3.63, 3.8) is 0 Å². The Bertz CT molecular complexity index is 935. The van der Waals surface area contributed by atoms with E-state index in [0.717, 1.165) is 28.7 Å². The summed E-state index contributed by atoms with van der Waals surface area (Å²) in [6.07, 6.45) is 8.06. The lowest BCUT2D eigenvalue weighted by Crippen LogP contribution is -2.43. The lowest BCUT2D eigenvalue weighted by Gasteiger charge is -2.46. The molecule has 2 aliphatic heterocycles. The number of rotatable bonds is 2. The van der Waals surface area contributed by atoms with Gasteiger partial charge in [-0.05, 0) is 91.2 Å². The van der Waals surface area contributed by atoms with E-state index < -0.39 is 0 Å². The molecule has 29 heavy (non-hydrogen) atoms. The minimum absolute atomic E-state index is 0.0182. The highest BCUT2D eigenvalue weighted by Gasteiger charge is 2.44. The lowest BCUT2D eigenvalue weighted by atomic mass is 9.75. The van der Waals surface area contributed by atoms with Crippen LogP contribution in [0.4, 0.5) is 11.4 Å². The molecule has 0 spiro atoms. The third kappa shape index (κ3) is 2.73. The van der Waals surface area contributed by atoms with E-state index >= 15 is 0 Å². The standard InChI is InChI=1S/C26H30N2O/c1-16-6-2-3-9-20(16)26(29)27-19-12-23-21-10-4-7-17(21)14-28-15-18-8-5-11-22(18)24(13-19)25(23)28/h2-3,6,9,12-13,17-18,21-22H,4-5,7-8,10-11,14-15H2,1H3,(H,27,29)/t17-,18+,21-,22-/m0/s1. The largest absolute Gasteiger partial charge is 0.370 e. The third-order valence-corrected chi connectivity index (χ3v) is 8.16. The van der Waals surface area contributed by atoms with E-state index in [2.05, 4.69) is 22.3 Å². The number of carbonyl (C=O) groups is 1. The summed E-state index contributed by atoms with van der Waals surface area (Å²) in [6.45, 7) is 4.52. The van der Waals surface area contributed by atoms with Crippen LogP contribution in [-0.2, 0) is 0 Å². The molecule has 4 atom stereocenters. The lowest BCUT2D eigenvalue weighted by molar-refractivity contribution is 0.102. The summed E-state index contributed by atoms with van der Waals surface area (Å²) in [6, 6.07) is 12.5. The van der Waals surface area contributed by atoms with Crippen molar-refractivity contribution in [3.8, 4) is 0 Å². The van der Waals surface area contributed by atoms with Gasteiger partial charge in [0.05, 0.1) is 0 Å². The predicted molar refractivity (Wildman–Crippen MR) is 118 cm³/mol. The fourth-order valence-electron chi connectivity index (χ4n) is 6.86. The fraction of sp³-hybridized carbons (Fsp3) is 0.500. The van der Waals surface area contributed by atoms with Gasteiger partial charge in [0.2, 0.25) is 0 Å². The van der Waals surface area contributed by atoms with Crippen LogP contribution in [0.25, 0.3) is 0 Å². The molecule has 2 heterocycles. The molecule has 6 rings (SSSR count). The molecule has 2 aromatic carbocycles. The second kappa shape index (κ2) is 6.62. The number of carbonyl (C=O) groups excluding carboxylic acids is 1. The summed E-state index contributed by atoms with van der Waals surface area (Å²) in [5, 5.41) is 3.27. The highest BCUT2D eigenvalue weighted by atomic mass is 16.1. The molecule has 0 aromatic heterocycles. The first-order valence-electron chi connectivity index (χ1n) is 11.5. The van der Waals surface area contributed by atoms with Crippen LogP contribution in [0, 0.1) is 18.8 Å². The average Bonchev–Trinajstić information content (AvgIpc) is 3.37. The maximum atomic E-state index is 13.0. The summed E-state index contributed by atoms with van der Waals surface area (Å²) in [4.78, 5) is 15.7. The first-order valence-corrected chi connectivity index (χ1v) is 11.5. The Balaban J connectivity index is 1.43. The van der Waals surface area contributed by atoms with Crippen molar-refractivity contribution < 1.29 is 4.79 Å². The number of hydrogen-bond acceptors (Lipinski definition) is 2. The first kappa shape index (κ1) is 17.6. The highest BCUT2D eigenvalue weighted by Crippen LogP contribution is 2.56. The predicted octanol–water partition coefficient (Wildman–Crippen LogP) is 5.85. The van der Waals surface area contributed by atoms with Crippen molar-refractivity contribution >= 4 is 17.3 Å². The Morgan fingerprint density at radius 1 is 0.931 bits per heavy atom. The van der Waals surface area contributed by atoms with Crippen molar-refractivity contribution in [2.75, 3.05) is 23.3 Å². The number of nitrogens with one attached hydrogen (secondary N) is 1. The summed E-state index contributed by atoms with van der Waals surface area (Å²) in [5.74, 6) is 3.00. The van der Waals surface area contributed by atoms with Crippen LogP contribution >= 0.6 is 0 Å². The van der Waals surface area contributed by atoms with Gasteiger partial charge >= 0.3 is 0 Å². The van der Waals surface area contributed by atoms with E-state index in [4.69, 9.17) is 0 Å². The van der Waals surface area contributed by atoms with Gasteiger partial charge in [0.1, 0.15) is 0 Å². The van der Waals surface area contributed by atoms with Crippen molar-refractivity contribution in [2.45, 2.75) is 57.3 Å². The quantitative estimate of drug-likeness (QED) is 0.702. The van der Waals surface area contributed by atoms with Gasteiger partial charge in [-0.25, -0.2) is 0 Å². The van der Waals surface area contributed by atoms with Crippen LogP contribution in [0.1, 0.15) is 77.4 Å². The summed E-state index contributed by atoms with van der Waals surface area (Å²) < 4.78 is 0. The molecular weight excluding hydrogens is 356 g/mol. The zero-order valence-corrected chi connectivity index (χ0v) is 17.3. The Kier molecular flexibility index (Phi) is 4.01. The summed E-state index contributed by atoms with van der Waals surface area (Å²) >= 11 is 0. The van der Waals surface area contributed by atoms with E-state index in [1.165, 1.54) is 62.7 Å². The number of hydrogen-bond donors (Lipinski definition) is 1. The second-order valence-electron chi connectivity index (χ2n) is 9.77. The molecule has 2 saturated carbocycles. The molecule has 1 amide bonds. The molecule has 0 unspecified atom stereocenters. The van der Waals surface area contributed by atoms with E-state index in [1.54, 1.807) is 5.69 Å². The molecule has 0 saturated heterocycles. The van der Waals surface area contributed by atoms with Crippen LogP contribution in [0.15, 0.2) is 36.4 Å². The van der Waals surface area contributed by atoms with Crippen LogP contribution in [0.3, 0.4) is 0 Å². The van der Waals surface area contributed by atoms with Gasteiger partial charge in [-0.15, -0.1) is 0 Å². The molecule has 3 heteroatoms. The highest BCUT2D eigenvalue weighted by molar-refractivity contribution is 6.05. The molecule has 4 aliphatic rings. The average molecular weight is 387 g/mol. The number of amides is 1. The van der Waals surface area contributed by atoms with Gasteiger partial charge < -0.3 is 10.2 Å². The molecule has 0 radical (unpaired) electrons. The number of fused-ring (bicyclic) bond motifs is 4.